The summed E-state index contributed by atoms with van der Waals surface area (Å²) < 4.78 is 26.3. The Morgan fingerprint density at radius 2 is 1.94 bits per heavy atom. The molecule has 3 nitrogen and oxygen atoms in total. The molecule has 1 heterocycles. The number of halogens is 2. The molecule has 5 heteroatoms. The second-order valence-electron chi connectivity index (χ2n) is 3.68. The number of hydrogen-bond donors (Lipinski definition) is 2. The van der Waals surface area contributed by atoms with Crippen molar-refractivity contribution < 1.29 is 8.78 Å². The highest BCUT2D eigenvalue weighted by molar-refractivity contribution is 5.59. The zero-order valence-electron chi connectivity index (χ0n) is 9.17. The molecule has 0 saturated carbocycles. The summed E-state index contributed by atoms with van der Waals surface area (Å²) in [6.07, 6.45) is 0. The number of nitrogens with zero attached hydrogens (tertiary/aromatic N) is 1. The molecular weight excluding hydrogens is 224 g/mol. The van der Waals surface area contributed by atoms with Gasteiger partial charge >= 0.3 is 0 Å². The van der Waals surface area contributed by atoms with E-state index in [2.05, 4.69) is 10.3 Å². The molecule has 0 atom stereocenters. The minimum atomic E-state index is -0.864. The van der Waals surface area contributed by atoms with Crippen LogP contribution >= 0.6 is 0 Å². The van der Waals surface area contributed by atoms with Crippen molar-refractivity contribution >= 4 is 17.3 Å². The summed E-state index contributed by atoms with van der Waals surface area (Å²) in [7, 11) is 0. The Bertz CT molecular complexity index is 555. The predicted octanol–water partition coefficient (Wildman–Crippen LogP) is 2.99. The molecule has 0 aliphatic rings. The number of aryl methyl sites for hydroxylation is 1. The highest BCUT2D eigenvalue weighted by Gasteiger charge is 2.09. The number of nitrogens with one attached hydrogen (secondary N) is 1. The SMILES string of the molecule is Cc1cccc(Nc2nc(N)c(F)cc2F)c1. The molecule has 88 valence electrons. The largest absolute Gasteiger partial charge is 0.381 e. The zero-order valence-corrected chi connectivity index (χ0v) is 9.17. The summed E-state index contributed by atoms with van der Waals surface area (Å²) in [5.74, 6) is -2.06. The maximum Gasteiger partial charge on any atom is 0.169 e. The first-order chi connectivity index (χ1) is 8.06. The molecule has 0 unspecified atom stereocenters. The summed E-state index contributed by atoms with van der Waals surface area (Å²) >= 11 is 0. The number of aromatic nitrogens is 1. The molecule has 2 rings (SSSR count). The molecule has 17 heavy (non-hydrogen) atoms. The van der Waals surface area contributed by atoms with E-state index in [-0.39, 0.29) is 11.6 Å². The molecule has 0 aliphatic carbocycles. The third-order valence-electron chi connectivity index (χ3n) is 2.24. The summed E-state index contributed by atoms with van der Waals surface area (Å²) in [5.41, 5.74) is 6.97. The van der Waals surface area contributed by atoms with Crippen molar-refractivity contribution in [1.82, 2.24) is 4.98 Å². The first-order valence-electron chi connectivity index (χ1n) is 5.01. The Hall–Kier alpha value is -2.17. The standard InChI is InChI=1S/C12H11F2N3/c1-7-3-2-4-8(5-7)16-12-10(14)6-9(13)11(15)17-12/h2-6H,1H3,(H3,15,16,17). The van der Waals surface area contributed by atoms with E-state index in [1.165, 1.54) is 0 Å². The number of benzene rings is 1. The number of pyridine rings is 1. The van der Waals surface area contributed by atoms with Crippen LogP contribution in [0.15, 0.2) is 30.3 Å². The van der Waals surface area contributed by atoms with Gasteiger partial charge in [-0.05, 0) is 24.6 Å². The third kappa shape index (κ3) is 2.50. The van der Waals surface area contributed by atoms with E-state index in [9.17, 15) is 8.78 Å². The second-order valence-corrected chi connectivity index (χ2v) is 3.68. The van der Waals surface area contributed by atoms with Crippen molar-refractivity contribution in [3.8, 4) is 0 Å². The van der Waals surface area contributed by atoms with Gasteiger partial charge in [-0.25, -0.2) is 13.8 Å². The summed E-state index contributed by atoms with van der Waals surface area (Å²) in [4.78, 5) is 3.61. The second kappa shape index (κ2) is 4.37. The molecule has 2 aromatic rings. The number of nitrogens with two attached hydrogens (primary N) is 1. The van der Waals surface area contributed by atoms with E-state index < -0.39 is 11.6 Å². The van der Waals surface area contributed by atoms with Crippen LogP contribution in [-0.4, -0.2) is 4.98 Å². The van der Waals surface area contributed by atoms with Crippen LogP contribution in [0.25, 0.3) is 0 Å². The average Bonchev–Trinajstić information content (AvgIpc) is 2.26. The van der Waals surface area contributed by atoms with Gasteiger partial charge in [-0.2, -0.15) is 0 Å². The highest BCUT2D eigenvalue weighted by atomic mass is 19.1. The molecule has 0 fully saturated rings. The van der Waals surface area contributed by atoms with Crippen LogP contribution in [0.4, 0.5) is 26.1 Å². The molecule has 0 spiro atoms. The van der Waals surface area contributed by atoms with Gasteiger partial charge in [-0.3, -0.25) is 0 Å². The zero-order chi connectivity index (χ0) is 12.4. The minimum absolute atomic E-state index is 0.0884. The van der Waals surface area contributed by atoms with Crippen molar-refractivity contribution in [2.75, 3.05) is 11.1 Å². The third-order valence-corrected chi connectivity index (χ3v) is 2.24. The maximum atomic E-state index is 13.4. The normalized spacial score (nSPS) is 10.3. The first-order valence-corrected chi connectivity index (χ1v) is 5.01. The van der Waals surface area contributed by atoms with Gasteiger partial charge in [-0.15, -0.1) is 0 Å². The lowest BCUT2D eigenvalue weighted by atomic mass is 10.2. The summed E-state index contributed by atoms with van der Waals surface area (Å²) in [5, 5.41) is 2.75. The Labute approximate surface area is 97.3 Å². The number of nitrogen functional groups attached to an aromatic ring is 1. The minimum Gasteiger partial charge on any atom is -0.381 e. The van der Waals surface area contributed by atoms with Crippen LogP contribution in [0.1, 0.15) is 5.56 Å². The van der Waals surface area contributed by atoms with E-state index in [0.29, 0.717) is 11.8 Å². The Morgan fingerprint density at radius 1 is 1.18 bits per heavy atom. The van der Waals surface area contributed by atoms with E-state index in [1.54, 1.807) is 6.07 Å². The fraction of sp³-hybridized carbons (Fsp3) is 0.0833. The molecule has 0 radical (unpaired) electrons. The van der Waals surface area contributed by atoms with Gasteiger partial charge in [0.1, 0.15) is 0 Å². The summed E-state index contributed by atoms with van der Waals surface area (Å²) in [6.45, 7) is 1.91. The number of anilines is 3. The Kier molecular flexibility index (Phi) is 2.91. The van der Waals surface area contributed by atoms with Crippen molar-refractivity contribution in [3.63, 3.8) is 0 Å². The Morgan fingerprint density at radius 3 is 2.65 bits per heavy atom. The van der Waals surface area contributed by atoms with E-state index in [0.717, 1.165) is 5.56 Å². The summed E-state index contributed by atoms with van der Waals surface area (Å²) in [6, 6.07) is 8.02. The lowest BCUT2D eigenvalue weighted by Crippen LogP contribution is -2.03. The van der Waals surface area contributed by atoms with Gasteiger partial charge in [-0.1, -0.05) is 12.1 Å². The molecule has 0 bridgehead atoms. The smallest absolute Gasteiger partial charge is 0.169 e. The van der Waals surface area contributed by atoms with Crippen LogP contribution in [0.3, 0.4) is 0 Å². The van der Waals surface area contributed by atoms with Gasteiger partial charge < -0.3 is 11.1 Å². The molecule has 1 aromatic carbocycles. The van der Waals surface area contributed by atoms with Gasteiger partial charge in [0.25, 0.3) is 0 Å². The molecule has 0 saturated heterocycles. The van der Waals surface area contributed by atoms with Crippen molar-refractivity contribution in [3.05, 3.63) is 47.5 Å². The highest BCUT2D eigenvalue weighted by Crippen LogP contribution is 2.21. The fourth-order valence-corrected chi connectivity index (χ4v) is 1.43. The lowest BCUT2D eigenvalue weighted by Gasteiger charge is -2.08. The van der Waals surface area contributed by atoms with Gasteiger partial charge in [0.05, 0.1) is 0 Å². The van der Waals surface area contributed by atoms with Crippen molar-refractivity contribution in [2.24, 2.45) is 0 Å². The maximum absolute atomic E-state index is 13.4. The van der Waals surface area contributed by atoms with Crippen molar-refractivity contribution in [1.29, 1.82) is 0 Å². The van der Waals surface area contributed by atoms with Crippen LogP contribution in [0.5, 0.6) is 0 Å². The van der Waals surface area contributed by atoms with Gasteiger partial charge in [0.15, 0.2) is 23.3 Å². The average molecular weight is 235 g/mol. The van der Waals surface area contributed by atoms with Gasteiger partial charge in [0, 0.05) is 11.8 Å². The Balaban J connectivity index is 2.33. The first kappa shape index (κ1) is 11.3. The van der Waals surface area contributed by atoms with Crippen LogP contribution in [0, 0.1) is 18.6 Å². The molecular formula is C12H11F2N3. The van der Waals surface area contributed by atoms with E-state index in [1.807, 2.05) is 25.1 Å². The molecule has 0 aliphatic heterocycles. The predicted molar refractivity (Wildman–Crippen MR) is 63.0 cm³/mol. The number of rotatable bonds is 2. The van der Waals surface area contributed by atoms with E-state index in [4.69, 9.17) is 5.73 Å². The quantitative estimate of drug-likeness (QED) is 0.841. The van der Waals surface area contributed by atoms with Crippen molar-refractivity contribution in [2.45, 2.75) is 6.92 Å². The van der Waals surface area contributed by atoms with Crippen LogP contribution in [0.2, 0.25) is 0 Å². The topological polar surface area (TPSA) is 50.9 Å². The molecule has 1 aromatic heterocycles. The van der Waals surface area contributed by atoms with Crippen LogP contribution in [-0.2, 0) is 0 Å². The molecule has 0 amide bonds. The number of hydrogen-bond acceptors (Lipinski definition) is 3. The van der Waals surface area contributed by atoms with E-state index >= 15 is 0 Å². The van der Waals surface area contributed by atoms with Gasteiger partial charge in [0.2, 0.25) is 0 Å². The monoisotopic (exact) mass is 235 g/mol. The fourth-order valence-electron chi connectivity index (χ4n) is 1.43. The van der Waals surface area contributed by atoms with Crippen LogP contribution < -0.4 is 11.1 Å². The molecule has 3 N–H and O–H groups in total. The lowest BCUT2D eigenvalue weighted by molar-refractivity contribution is 0.581.